The van der Waals surface area contributed by atoms with Gasteiger partial charge in [0.1, 0.15) is 5.75 Å². The Labute approximate surface area is 171 Å². The summed E-state index contributed by atoms with van der Waals surface area (Å²) < 4.78 is 21.3. The van der Waals surface area contributed by atoms with Crippen LogP contribution >= 0.6 is 0 Å². The summed E-state index contributed by atoms with van der Waals surface area (Å²) in [4.78, 5) is 15.1. The van der Waals surface area contributed by atoms with E-state index in [2.05, 4.69) is 10.2 Å². The van der Waals surface area contributed by atoms with Gasteiger partial charge in [-0.25, -0.2) is 0 Å². The van der Waals surface area contributed by atoms with Gasteiger partial charge in [-0.3, -0.25) is 9.69 Å². The molecule has 3 rings (SSSR count). The second-order valence-corrected chi connectivity index (χ2v) is 6.72. The summed E-state index contributed by atoms with van der Waals surface area (Å²) >= 11 is 0. The highest BCUT2D eigenvalue weighted by Gasteiger charge is 2.23. The number of ether oxygens (including phenoxy) is 4. The first-order chi connectivity index (χ1) is 14.2. The van der Waals surface area contributed by atoms with Crippen molar-refractivity contribution in [1.82, 2.24) is 10.2 Å². The van der Waals surface area contributed by atoms with Crippen LogP contribution in [0.1, 0.15) is 22.0 Å². The van der Waals surface area contributed by atoms with Crippen LogP contribution in [0.4, 0.5) is 0 Å². The van der Waals surface area contributed by atoms with E-state index in [0.717, 1.165) is 24.4 Å². The molecule has 7 heteroatoms. The van der Waals surface area contributed by atoms with Crippen LogP contribution in [0.3, 0.4) is 0 Å². The number of rotatable bonds is 8. The maximum atomic E-state index is 12.8. The number of morpholine rings is 1. The van der Waals surface area contributed by atoms with E-state index in [-0.39, 0.29) is 11.9 Å². The van der Waals surface area contributed by atoms with Gasteiger partial charge >= 0.3 is 0 Å². The predicted octanol–water partition coefficient (Wildman–Crippen LogP) is 2.52. The standard InChI is InChI=1S/C22H28N2O5/c1-26-18-7-4-16(5-8-18)19(24-10-12-29-13-11-24)15-23-22(25)17-6-9-20(27-2)21(14-17)28-3/h4-9,14,19H,10-13,15H2,1-3H3,(H,23,25). The van der Waals surface area contributed by atoms with Gasteiger partial charge in [-0.2, -0.15) is 0 Å². The smallest absolute Gasteiger partial charge is 0.251 e. The van der Waals surface area contributed by atoms with Crippen molar-refractivity contribution in [2.24, 2.45) is 0 Å². The van der Waals surface area contributed by atoms with E-state index in [1.165, 1.54) is 0 Å². The molecule has 1 fully saturated rings. The van der Waals surface area contributed by atoms with Crippen molar-refractivity contribution in [3.05, 3.63) is 53.6 Å². The monoisotopic (exact) mass is 400 g/mol. The van der Waals surface area contributed by atoms with Gasteiger partial charge in [0.05, 0.1) is 40.6 Å². The van der Waals surface area contributed by atoms with Crippen LogP contribution in [0.25, 0.3) is 0 Å². The van der Waals surface area contributed by atoms with E-state index < -0.39 is 0 Å². The molecule has 7 nitrogen and oxygen atoms in total. The molecule has 0 aromatic heterocycles. The number of hydrogen-bond acceptors (Lipinski definition) is 6. The average Bonchev–Trinajstić information content (AvgIpc) is 2.79. The minimum atomic E-state index is -0.155. The van der Waals surface area contributed by atoms with Gasteiger partial charge < -0.3 is 24.3 Å². The first kappa shape index (κ1) is 21.0. The zero-order valence-electron chi connectivity index (χ0n) is 17.1. The summed E-state index contributed by atoms with van der Waals surface area (Å²) in [6, 6.07) is 13.2. The highest BCUT2D eigenvalue weighted by atomic mass is 16.5. The van der Waals surface area contributed by atoms with Crippen LogP contribution in [0, 0.1) is 0 Å². The van der Waals surface area contributed by atoms with Crippen LogP contribution in [0.2, 0.25) is 0 Å². The molecule has 1 atom stereocenters. The van der Waals surface area contributed by atoms with E-state index in [4.69, 9.17) is 18.9 Å². The fourth-order valence-corrected chi connectivity index (χ4v) is 3.44. The van der Waals surface area contributed by atoms with Gasteiger partial charge in [0, 0.05) is 25.2 Å². The molecule has 1 amide bonds. The highest BCUT2D eigenvalue weighted by Crippen LogP contribution is 2.28. The fraction of sp³-hybridized carbons (Fsp3) is 0.409. The zero-order chi connectivity index (χ0) is 20.6. The van der Waals surface area contributed by atoms with E-state index in [0.29, 0.717) is 36.8 Å². The Bertz CT molecular complexity index is 803. The molecule has 1 aliphatic heterocycles. The molecule has 1 aliphatic rings. The molecular formula is C22H28N2O5. The molecule has 2 aromatic rings. The van der Waals surface area contributed by atoms with Crippen LogP contribution in [0.15, 0.2) is 42.5 Å². The van der Waals surface area contributed by atoms with Gasteiger partial charge in [-0.05, 0) is 35.9 Å². The first-order valence-corrected chi connectivity index (χ1v) is 9.62. The molecule has 1 heterocycles. The molecule has 2 aromatic carbocycles. The summed E-state index contributed by atoms with van der Waals surface area (Å²) in [5, 5.41) is 3.06. The van der Waals surface area contributed by atoms with Crippen LogP contribution in [-0.4, -0.2) is 65.0 Å². The van der Waals surface area contributed by atoms with Gasteiger partial charge in [0.15, 0.2) is 11.5 Å². The molecule has 0 saturated carbocycles. The van der Waals surface area contributed by atoms with Gasteiger partial charge in [-0.1, -0.05) is 12.1 Å². The van der Waals surface area contributed by atoms with Crippen molar-refractivity contribution in [2.75, 3.05) is 54.2 Å². The normalized spacial score (nSPS) is 15.4. The van der Waals surface area contributed by atoms with Crippen LogP contribution in [0.5, 0.6) is 17.2 Å². The number of hydrogen-bond donors (Lipinski definition) is 1. The van der Waals surface area contributed by atoms with Gasteiger partial charge in [0.2, 0.25) is 0 Å². The maximum absolute atomic E-state index is 12.8. The number of nitrogens with zero attached hydrogens (tertiary/aromatic N) is 1. The Hall–Kier alpha value is -2.77. The minimum Gasteiger partial charge on any atom is -0.497 e. The van der Waals surface area contributed by atoms with Crippen molar-refractivity contribution in [3.63, 3.8) is 0 Å². The number of methoxy groups -OCH3 is 3. The molecule has 0 bridgehead atoms. The number of carbonyl (C=O) groups excluding carboxylic acids is 1. The predicted molar refractivity (Wildman–Crippen MR) is 110 cm³/mol. The first-order valence-electron chi connectivity index (χ1n) is 9.62. The molecule has 1 N–H and O–H groups in total. The second-order valence-electron chi connectivity index (χ2n) is 6.72. The maximum Gasteiger partial charge on any atom is 0.251 e. The lowest BCUT2D eigenvalue weighted by Gasteiger charge is -2.35. The summed E-state index contributed by atoms with van der Waals surface area (Å²) in [6.45, 7) is 3.51. The number of carbonyl (C=O) groups is 1. The zero-order valence-corrected chi connectivity index (χ0v) is 17.1. The quantitative estimate of drug-likeness (QED) is 0.734. The Kier molecular flexibility index (Phi) is 7.32. The van der Waals surface area contributed by atoms with Crippen molar-refractivity contribution in [1.29, 1.82) is 0 Å². The van der Waals surface area contributed by atoms with E-state index in [1.54, 1.807) is 39.5 Å². The largest absolute Gasteiger partial charge is 0.497 e. The number of amides is 1. The Balaban J connectivity index is 1.74. The molecular weight excluding hydrogens is 372 g/mol. The number of benzene rings is 2. The van der Waals surface area contributed by atoms with Crippen molar-refractivity contribution in [3.8, 4) is 17.2 Å². The number of nitrogens with one attached hydrogen (secondary N) is 1. The van der Waals surface area contributed by atoms with Crippen LogP contribution in [-0.2, 0) is 4.74 Å². The van der Waals surface area contributed by atoms with Gasteiger partial charge in [-0.15, -0.1) is 0 Å². The highest BCUT2D eigenvalue weighted by molar-refractivity contribution is 5.94. The Morgan fingerprint density at radius 1 is 1.00 bits per heavy atom. The van der Waals surface area contributed by atoms with Gasteiger partial charge in [0.25, 0.3) is 5.91 Å². The molecule has 29 heavy (non-hydrogen) atoms. The van der Waals surface area contributed by atoms with Crippen molar-refractivity contribution < 1.29 is 23.7 Å². The molecule has 1 unspecified atom stereocenters. The third-order valence-electron chi connectivity index (χ3n) is 5.09. The SMILES string of the molecule is COc1ccc(C(CNC(=O)c2ccc(OC)c(OC)c2)N2CCOCC2)cc1. The summed E-state index contributed by atoms with van der Waals surface area (Å²) in [5.74, 6) is 1.77. The summed E-state index contributed by atoms with van der Waals surface area (Å²) in [6.07, 6.45) is 0. The van der Waals surface area contributed by atoms with E-state index in [1.807, 2.05) is 24.3 Å². The third kappa shape index (κ3) is 5.19. The Morgan fingerprint density at radius 2 is 1.69 bits per heavy atom. The van der Waals surface area contributed by atoms with Crippen LogP contribution < -0.4 is 19.5 Å². The summed E-state index contributed by atoms with van der Waals surface area (Å²) in [7, 11) is 4.77. The molecule has 0 radical (unpaired) electrons. The lowest BCUT2D eigenvalue weighted by molar-refractivity contribution is 0.0162. The molecule has 0 aliphatic carbocycles. The van der Waals surface area contributed by atoms with Crippen molar-refractivity contribution in [2.45, 2.75) is 6.04 Å². The summed E-state index contributed by atoms with van der Waals surface area (Å²) in [5.41, 5.74) is 1.65. The third-order valence-corrected chi connectivity index (χ3v) is 5.09. The molecule has 0 spiro atoms. The fourth-order valence-electron chi connectivity index (χ4n) is 3.44. The van der Waals surface area contributed by atoms with E-state index in [9.17, 15) is 4.79 Å². The Morgan fingerprint density at radius 3 is 2.31 bits per heavy atom. The average molecular weight is 400 g/mol. The topological polar surface area (TPSA) is 69.3 Å². The molecule has 1 saturated heterocycles. The second kappa shape index (κ2) is 10.1. The lowest BCUT2D eigenvalue weighted by Crippen LogP contribution is -2.43. The lowest BCUT2D eigenvalue weighted by atomic mass is 10.0. The minimum absolute atomic E-state index is 0.0499. The van der Waals surface area contributed by atoms with Crippen molar-refractivity contribution >= 4 is 5.91 Å². The molecule has 156 valence electrons. The van der Waals surface area contributed by atoms with E-state index >= 15 is 0 Å².